The normalized spacial score (nSPS) is 16.6. The Morgan fingerprint density at radius 2 is 1.93 bits per heavy atom. The largest absolute Gasteiger partial charge is 0.393 e. The Hall–Kier alpha value is -1.93. The molecule has 2 amide bonds. The minimum atomic E-state index is -1.46. The summed E-state index contributed by atoms with van der Waals surface area (Å²) in [4.78, 5) is 27.9. The molecule has 1 aromatic heterocycles. The van der Waals surface area contributed by atoms with Gasteiger partial charge < -0.3 is 20.6 Å². The lowest BCUT2D eigenvalue weighted by molar-refractivity contribution is -0.122. The Balaban J connectivity index is 1.72. The molecule has 0 fully saturated rings. The molecule has 0 bridgehead atoms. The summed E-state index contributed by atoms with van der Waals surface area (Å²) in [6, 6.07) is 9.07. The van der Waals surface area contributed by atoms with E-state index in [9.17, 15) is 14.7 Å². The Bertz CT molecular complexity index is 885. The van der Waals surface area contributed by atoms with Gasteiger partial charge in [0.1, 0.15) is 5.54 Å². The summed E-state index contributed by atoms with van der Waals surface area (Å²) in [5.74, 6) is -0.926. The second-order valence-corrected chi connectivity index (χ2v) is 9.00. The van der Waals surface area contributed by atoms with Gasteiger partial charge in [-0.05, 0) is 62.2 Å². The first kappa shape index (κ1) is 20.8. The molecule has 28 heavy (non-hydrogen) atoms. The van der Waals surface area contributed by atoms with Gasteiger partial charge in [-0.15, -0.1) is 11.3 Å². The third-order valence-corrected chi connectivity index (χ3v) is 6.22. The van der Waals surface area contributed by atoms with Crippen LogP contribution in [0.4, 0.5) is 5.69 Å². The number of carbonyl (C=O) groups excluding carboxylic acids is 2. The highest BCUT2D eigenvalue weighted by Crippen LogP contribution is 2.23. The van der Waals surface area contributed by atoms with Gasteiger partial charge >= 0.3 is 0 Å². The van der Waals surface area contributed by atoms with Crippen molar-refractivity contribution >= 4 is 40.4 Å². The number of benzene rings is 1. The predicted octanol–water partition coefficient (Wildman–Crippen LogP) is 2.55. The summed E-state index contributed by atoms with van der Waals surface area (Å²) in [7, 11) is 2.10. The van der Waals surface area contributed by atoms with Crippen molar-refractivity contribution in [2.75, 3.05) is 32.1 Å². The fourth-order valence-corrected chi connectivity index (χ4v) is 4.04. The Kier molecular flexibility index (Phi) is 6.40. The lowest BCUT2D eigenvalue weighted by Crippen LogP contribution is -2.57. The van der Waals surface area contributed by atoms with Crippen LogP contribution < -0.4 is 10.6 Å². The molecule has 1 aliphatic heterocycles. The summed E-state index contributed by atoms with van der Waals surface area (Å²) in [5.41, 5.74) is 1.70. The number of nitrogens with one attached hydrogen (secondary N) is 2. The van der Waals surface area contributed by atoms with E-state index in [1.54, 1.807) is 12.1 Å². The zero-order valence-corrected chi connectivity index (χ0v) is 17.5. The van der Waals surface area contributed by atoms with E-state index in [-0.39, 0.29) is 0 Å². The van der Waals surface area contributed by atoms with Crippen molar-refractivity contribution in [1.29, 1.82) is 0 Å². The maximum Gasteiger partial charge on any atom is 0.262 e. The van der Waals surface area contributed by atoms with Crippen molar-refractivity contribution in [3.63, 3.8) is 0 Å². The maximum atomic E-state index is 12.8. The van der Waals surface area contributed by atoms with Crippen LogP contribution in [-0.4, -0.2) is 54.1 Å². The number of aliphatic hydroxyl groups excluding tert-OH is 1. The van der Waals surface area contributed by atoms with Crippen LogP contribution in [0.15, 0.2) is 30.3 Å². The summed E-state index contributed by atoms with van der Waals surface area (Å²) >= 11 is 6.98. The molecule has 0 unspecified atom stereocenters. The molecule has 0 spiro atoms. The number of halogens is 1. The minimum absolute atomic E-state index is 0.381. The minimum Gasteiger partial charge on any atom is -0.393 e. The molecule has 2 aromatic rings. The first-order chi connectivity index (χ1) is 13.3. The van der Waals surface area contributed by atoms with Crippen molar-refractivity contribution in [2.45, 2.75) is 25.3 Å². The summed E-state index contributed by atoms with van der Waals surface area (Å²) in [6.07, 6.45) is 1.90. The average molecular weight is 422 g/mol. The summed E-state index contributed by atoms with van der Waals surface area (Å²) in [5, 5.41) is 15.2. The summed E-state index contributed by atoms with van der Waals surface area (Å²) in [6.45, 7) is 2.95. The van der Waals surface area contributed by atoms with E-state index in [1.807, 2.05) is 18.2 Å². The second kappa shape index (κ2) is 8.61. The van der Waals surface area contributed by atoms with Crippen molar-refractivity contribution < 1.29 is 14.7 Å². The monoisotopic (exact) mass is 421 g/mol. The topological polar surface area (TPSA) is 81.7 Å². The fraction of sp³-hybridized carbons (Fsp3) is 0.400. The van der Waals surface area contributed by atoms with Crippen molar-refractivity contribution in [1.82, 2.24) is 10.2 Å². The first-order valence-corrected chi connectivity index (χ1v) is 10.3. The van der Waals surface area contributed by atoms with Gasteiger partial charge in [0.25, 0.3) is 11.8 Å². The molecular formula is C20H24ClN3O3S. The van der Waals surface area contributed by atoms with Crippen LogP contribution in [0.2, 0.25) is 4.34 Å². The third kappa shape index (κ3) is 4.72. The first-order valence-electron chi connectivity index (χ1n) is 9.11. The molecule has 150 valence electrons. The molecule has 1 aromatic carbocycles. The number of fused-ring (bicyclic) bond motifs is 1. The lowest BCUT2D eigenvalue weighted by Gasteiger charge is -2.27. The number of rotatable bonds is 5. The number of anilines is 1. The molecule has 3 rings (SSSR count). The van der Waals surface area contributed by atoms with Gasteiger partial charge in [-0.25, -0.2) is 0 Å². The van der Waals surface area contributed by atoms with E-state index in [0.29, 0.717) is 14.9 Å². The smallest absolute Gasteiger partial charge is 0.262 e. The number of aliphatic hydroxyl groups is 1. The van der Waals surface area contributed by atoms with Gasteiger partial charge in [0.05, 0.1) is 15.8 Å². The molecule has 3 N–H and O–H groups in total. The quantitative estimate of drug-likeness (QED) is 0.693. The standard InChI is InChI=1S/C20H24ClN3O3S/c1-20(12-25,23-18(26)16-5-6-17(21)28-16)19(27)22-15-4-3-13-7-9-24(2)10-8-14(13)11-15/h3-6,11,25H,7-10,12H2,1-2H3,(H,22,27)(H,23,26)/t20-/m1/s1. The molecule has 8 heteroatoms. The maximum absolute atomic E-state index is 12.8. The van der Waals surface area contributed by atoms with Crippen molar-refractivity contribution in [3.05, 3.63) is 50.7 Å². The Morgan fingerprint density at radius 3 is 2.57 bits per heavy atom. The molecule has 0 radical (unpaired) electrons. The number of carbonyl (C=O) groups is 2. The van der Waals surface area contributed by atoms with Gasteiger partial charge in [-0.2, -0.15) is 0 Å². The molecule has 2 heterocycles. The van der Waals surface area contributed by atoms with Crippen molar-refractivity contribution in [2.24, 2.45) is 0 Å². The van der Waals surface area contributed by atoms with E-state index < -0.39 is 24.0 Å². The second-order valence-electron chi connectivity index (χ2n) is 7.29. The van der Waals surface area contributed by atoms with E-state index in [2.05, 4.69) is 22.6 Å². The highest BCUT2D eigenvalue weighted by Gasteiger charge is 2.35. The van der Waals surface area contributed by atoms with Crippen molar-refractivity contribution in [3.8, 4) is 0 Å². The van der Waals surface area contributed by atoms with Crippen LogP contribution in [0.5, 0.6) is 0 Å². The SMILES string of the molecule is CN1CCc2ccc(NC(=O)[C@@](C)(CO)NC(=O)c3ccc(Cl)s3)cc2CC1. The molecule has 6 nitrogen and oxygen atoms in total. The van der Waals surface area contributed by atoms with E-state index in [4.69, 9.17) is 11.6 Å². The Labute approximate surface area is 173 Å². The highest BCUT2D eigenvalue weighted by atomic mass is 35.5. The molecule has 0 saturated carbocycles. The molecule has 1 aliphatic rings. The lowest BCUT2D eigenvalue weighted by atomic mass is 10.00. The predicted molar refractivity (Wildman–Crippen MR) is 112 cm³/mol. The molecule has 1 atom stereocenters. The van der Waals surface area contributed by atoms with E-state index in [0.717, 1.165) is 37.3 Å². The van der Waals surface area contributed by atoms with Crippen LogP contribution in [0.3, 0.4) is 0 Å². The Morgan fingerprint density at radius 1 is 1.21 bits per heavy atom. The number of nitrogens with zero attached hydrogens (tertiary/aromatic N) is 1. The van der Waals surface area contributed by atoms with Gasteiger partial charge in [-0.3, -0.25) is 9.59 Å². The zero-order chi connectivity index (χ0) is 20.3. The molecule has 0 aliphatic carbocycles. The molecular weight excluding hydrogens is 398 g/mol. The summed E-state index contributed by atoms with van der Waals surface area (Å²) < 4.78 is 0.482. The van der Waals surface area contributed by atoms with Crippen LogP contribution >= 0.6 is 22.9 Å². The fourth-order valence-electron chi connectivity index (χ4n) is 3.10. The number of hydrogen-bond acceptors (Lipinski definition) is 5. The highest BCUT2D eigenvalue weighted by molar-refractivity contribution is 7.18. The van der Waals surface area contributed by atoms with E-state index in [1.165, 1.54) is 18.1 Å². The van der Waals surface area contributed by atoms with Crippen LogP contribution in [0, 0.1) is 0 Å². The van der Waals surface area contributed by atoms with Crippen LogP contribution in [0.1, 0.15) is 27.7 Å². The number of amides is 2. The number of thiophene rings is 1. The number of hydrogen-bond donors (Lipinski definition) is 3. The van der Waals surface area contributed by atoms with Crippen LogP contribution in [-0.2, 0) is 17.6 Å². The van der Waals surface area contributed by atoms with Crippen LogP contribution in [0.25, 0.3) is 0 Å². The van der Waals surface area contributed by atoms with E-state index >= 15 is 0 Å². The van der Waals surface area contributed by atoms with Gasteiger partial charge in [0.2, 0.25) is 0 Å². The van der Waals surface area contributed by atoms with Gasteiger partial charge in [0.15, 0.2) is 0 Å². The van der Waals surface area contributed by atoms with Gasteiger partial charge in [0, 0.05) is 18.8 Å². The zero-order valence-electron chi connectivity index (χ0n) is 15.9. The molecule has 0 saturated heterocycles. The third-order valence-electron chi connectivity index (χ3n) is 4.99. The average Bonchev–Trinajstić information content (AvgIpc) is 3.03. The van der Waals surface area contributed by atoms with Gasteiger partial charge in [-0.1, -0.05) is 17.7 Å². The number of likely N-dealkylation sites (N-methyl/N-ethyl adjacent to an activating group) is 1.